The molecule has 6 heterocycles. The Kier molecular flexibility index (Phi) is 10.5. The maximum absolute atomic E-state index is 13.6. The first kappa shape index (κ1) is 39.3. The summed E-state index contributed by atoms with van der Waals surface area (Å²) in [7, 11) is 0. The molecule has 7 rings (SSSR count). The molecule has 1 aromatic carbocycles. The number of fused-ring (bicyclic) bond motifs is 4. The number of aromatic hydroxyl groups is 2. The van der Waals surface area contributed by atoms with E-state index >= 15 is 0 Å². The van der Waals surface area contributed by atoms with Gasteiger partial charge in [0.15, 0.2) is 28.1 Å². The number of amides is 3. The minimum Gasteiger partial charge on any atom is -0.504 e. The minimum atomic E-state index is -1.80. The highest BCUT2D eigenvalue weighted by Crippen LogP contribution is 2.48. The third kappa shape index (κ3) is 7.50. The highest BCUT2D eigenvalue weighted by Gasteiger charge is 2.58. The molecule has 21 heteroatoms. The summed E-state index contributed by atoms with van der Waals surface area (Å²) in [5.41, 5.74) is 3.64. The van der Waals surface area contributed by atoms with E-state index in [0.29, 0.717) is 42.8 Å². The van der Waals surface area contributed by atoms with Gasteiger partial charge in [-0.15, -0.1) is 23.1 Å². The lowest BCUT2D eigenvalue weighted by atomic mass is 9.70. The summed E-state index contributed by atoms with van der Waals surface area (Å²) in [5, 5.41) is 61.7. The lowest BCUT2D eigenvalue weighted by Crippen LogP contribution is -2.72. The molecule has 0 spiro atoms. The van der Waals surface area contributed by atoms with E-state index in [1.807, 2.05) is 6.92 Å². The van der Waals surface area contributed by atoms with Gasteiger partial charge < -0.3 is 51.3 Å². The van der Waals surface area contributed by atoms with Gasteiger partial charge in [0.05, 0.1) is 19.6 Å². The van der Waals surface area contributed by atoms with Crippen molar-refractivity contribution in [3.05, 3.63) is 46.1 Å². The standard InChI is InChI=1S/C34H40N8O11S2/c1-16-18(13-42-9-6-34(7-10-42,8-11-42)15-36-26(45)22(39-52)17-4-5-20(43)21(44)12-17)25(30(48)49)41-28(47)24(29(41)55-16)38-27(46)23(19-14-54-32(35)37-19)40-53-33(2,3)31(50)51/h4-5,12,14,16,24,29H,6-11,13,15H2,1-3H3,(H8-,35,36,37,38,39,40,43,44,45,46,48,49,50,51,52)/p+1/t16-,24+,29+,34?,42?/m0/s1. The fourth-order valence-corrected chi connectivity index (χ4v) is 9.31. The molecular formula is C34H41N8O11S2+. The number of hydrogen-bond acceptors (Lipinski definition) is 15. The summed E-state index contributed by atoms with van der Waals surface area (Å²) < 4.78 is 0.610. The SMILES string of the molecule is C[C@@H]1S[C@@H]2[C@H](NC(=O)/C(=N\OC(C)(C)C(=O)O)c3csc(N)n3)C(=O)N2C(C(=O)O)=C1C[N+]12CCC(CNC(=O)/C(=N\O)c3ccc(O)c(O)c3)(CC1)CC2. The van der Waals surface area contributed by atoms with Crippen molar-refractivity contribution >= 4 is 69.3 Å². The van der Waals surface area contributed by atoms with Crippen molar-refractivity contribution in [1.29, 1.82) is 0 Å². The van der Waals surface area contributed by atoms with Crippen LogP contribution in [-0.4, -0.2) is 136 Å². The average molecular weight is 802 g/mol. The number of piperidine rings is 3. The fraction of sp³-hybridized carbons (Fsp3) is 0.471. The minimum absolute atomic E-state index is 0.00487. The predicted octanol–water partition coefficient (Wildman–Crippen LogP) is 0.843. The van der Waals surface area contributed by atoms with Gasteiger partial charge in [-0.1, -0.05) is 10.3 Å². The summed E-state index contributed by atoms with van der Waals surface area (Å²) in [6, 6.07) is 2.54. The number of carboxylic acids is 2. The van der Waals surface area contributed by atoms with Gasteiger partial charge in [-0.05, 0) is 39.0 Å². The summed E-state index contributed by atoms with van der Waals surface area (Å²) >= 11 is 2.36. The van der Waals surface area contributed by atoms with Crippen LogP contribution in [0.25, 0.3) is 0 Å². The Hall–Kier alpha value is -5.41. The zero-order valence-electron chi connectivity index (χ0n) is 30.0. The van der Waals surface area contributed by atoms with E-state index in [9.17, 15) is 49.6 Å². The average Bonchev–Trinajstić information content (AvgIpc) is 3.58. The number of nitrogens with one attached hydrogen (secondary N) is 2. The van der Waals surface area contributed by atoms with Gasteiger partial charge in [0.25, 0.3) is 17.7 Å². The summed E-state index contributed by atoms with van der Waals surface area (Å²) in [6.45, 7) is 7.18. The number of nitrogens with zero attached hydrogens (tertiary/aromatic N) is 5. The second kappa shape index (κ2) is 14.7. The van der Waals surface area contributed by atoms with Crippen LogP contribution in [0.2, 0.25) is 0 Å². The Morgan fingerprint density at radius 3 is 2.33 bits per heavy atom. The number of phenols is 2. The number of anilines is 1. The molecule has 2 aromatic rings. The number of oxime groups is 2. The Morgan fingerprint density at radius 1 is 1.09 bits per heavy atom. The molecule has 5 aliphatic rings. The number of aliphatic carboxylic acids is 2. The molecule has 0 unspecified atom stereocenters. The second-order valence-corrected chi connectivity index (χ2v) is 17.0. The monoisotopic (exact) mass is 801 g/mol. The van der Waals surface area contributed by atoms with Crippen LogP contribution in [0.15, 0.2) is 45.2 Å². The molecule has 0 radical (unpaired) electrons. The van der Waals surface area contributed by atoms with Gasteiger partial charge >= 0.3 is 11.9 Å². The fourth-order valence-electron chi connectivity index (χ4n) is 7.32. The number of carbonyl (C=O) groups is 5. The van der Waals surface area contributed by atoms with E-state index in [1.165, 1.54) is 48.0 Å². The number of thioether (sulfide) groups is 1. The third-order valence-electron chi connectivity index (χ3n) is 10.8. The van der Waals surface area contributed by atoms with Crippen LogP contribution < -0.4 is 16.4 Å². The number of nitrogens with two attached hydrogens (primary N) is 1. The highest BCUT2D eigenvalue weighted by molar-refractivity contribution is 8.00. The molecule has 0 aliphatic carbocycles. The maximum atomic E-state index is 13.6. The normalized spacial score (nSPS) is 26.6. The lowest BCUT2D eigenvalue weighted by molar-refractivity contribution is -0.941. The Balaban J connectivity index is 1.12. The number of hydrogen-bond donors (Lipinski definition) is 8. The number of aromatic nitrogens is 1. The largest absolute Gasteiger partial charge is 0.504 e. The zero-order chi connectivity index (χ0) is 40.0. The Labute approximate surface area is 322 Å². The van der Waals surface area contributed by atoms with Crippen LogP contribution in [0.4, 0.5) is 5.13 Å². The predicted molar refractivity (Wildman–Crippen MR) is 197 cm³/mol. The topological polar surface area (TPSA) is 287 Å². The van der Waals surface area contributed by atoms with Gasteiger partial charge in [-0.25, -0.2) is 14.6 Å². The summed E-state index contributed by atoms with van der Waals surface area (Å²) in [4.78, 5) is 74.9. The first-order chi connectivity index (χ1) is 25.9. The van der Waals surface area contributed by atoms with E-state index in [4.69, 9.17) is 10.6 Å². The number of rotatable bonds is 13. The molecule has 3 amide bonds. The lowest BCUT2D eigenvalue weighted by Gasteiger charge is -2.56. The molecule has 1 aromatic heterocycles. The van der Waals surface area contributed by atoms with Crippen molar-refractivity contribution in [3.8, 4) is 11.5 Å². The zero-order valence-corrected chi connectivity index (χ0v) is 31.6. The number of thiazole rings is 1. The molecule has 2 bridgehead atoms. The Bertz CT molecular complexity index is 2020. The van der Waals surface area contributed by atoms with Crippen LogP contribution in [0.3, 0.4) is 0 Å². The first-order valence-corrected chi connectivity index (χ1v) is 19.1. The molecular weight excluding hydrogens is 761 g/mol. The van der Waals surface area contributed by atoms with Crippen LogP contribution in [-0.2, 0) is 28.8 Å². The summed E-state index contributed by atoms with van der Waals surface area (Å²) in [5.74, 6) is -5.59. The van der Waals surface area contributed by atoms with Crippen molar-refractivity contribution in [3.63, 3.8) is 0 Å². The maximum Gasteiger partial charge on any atom is 0.352 e. The number of quaternary nitrogens is 1. The molecule has 294 valence electrons. The highest BCUT2D eigenvalue weighted by atomic mass is 32.2. The van der Waals surface area contributed by atoms with E-state index < -0.39 is 58.1 Å². The second-order valence-electron chi connectivity index (χ2n) is 14.7. The van der Waals surface area contributed by atoms with E-state index in [1.54, 1.807) is 0 Å². The van der Waals surface area contributed by atoms with E-state index in [-0.39, 0.29) is 44.2 Å². The number of nitrogen functional groups attached to an aromatic ring is 1. The van der Waals surface area contributed by atoms with Crippen LogP contribution >= 0.6 is 23.1 Å². The van der Waals surface area contributed by atoms with Gasteiger partial charge in [0, 0.05) is 53.0 Å². The molecule has 19 nitrogen and oxygen atoms in total. The smallest absolute Gasteiger partial charge is 0.352 e. The van der Waals surface area contributed by atoms with Gasteiger partial charge in [-0.2, -0.15) is 0 Å². The van der Waals surface area contributed by atoms with Crippen LogP contribution in [0.1, 0.15) is 51.3 Å². The van der Waals surface area contributed by atoms with E-state index in [2.05, 4.69) is 25.9 Å². The Morgan fingerprint density at radius 2 is 1.76 bits per heavy atom. The third-order valence-corrected chi connectivity index (χ3v) is 12.9. The molecule has 9 N–H and O–H groups in total. The number of benzene rings is 1. The van der Waals surface area contributed by atoms with Crippen molar-refractivity contribution in [1.82, 2.24) is 20.5 Å². The molecule has 4 fully saturated rings. The van der Waals surface area contributed by atoms with E-state index in [0.717, 1.165) is 36.7 Å². The molecule has 0 saturated carbocycles. The van der Waals surface area contributed by atoms with Gasteiger partial charge in [-0.3, -0.25) is 19.3 Å². The van der Waals surface area contributed by atoms with Crippen LogP contribution in [0.5, 0.6) is 11.5 Å². The number of carbonyl (C=O) groups excluding carboxylic acids is 3. The first-order valence-electron chi connectivity index (χ1n) is 17.2. The number of β-lactam (4-membered cyclic amide) rings is 1. The summed E-state index contributed by atoms with van der Waals surface area (Å²) in [6.07, 6.45) is 2.20. The molecule has 55 heavy (non-hydrogen) atoms. The van der Waals surface area contributed by atoms with Gasteiger partial charge in [0.2, 0.25) is 5.60 Å². The number of phenolic OH excluding ortho intramolecular Hbond substituents is 2. The van der Waals surface area contributed by atoms with Crippen LogP contribution in [0, 0.1) is 5.41 Å². The van der Waals surface area contributed by atoms with Crippen molar-refractivity contribution in [2.24, 2.45) is 15.7 Å². The molecule has 5 aliphatic heterocycles. The molecule has 4 saturated heterocycles. The quantitative estimate of drug-likeness (QED) is 0.0348. The van der Waals surface area contributed by atoms with Crippen molar-refractivity contribution < 1.29 is 58.9 Å². The van der Waals surface area contributed by atoms with Crippen molar-refractivity contribution in [2.75, 3.05) is 38.5 Å². The van der Waals surface area contributed by atoms with Gasteiger partial charge in [0.1, 0.15) is 29.4 Å². The number of carboxylic acid groups (broad SMARTS) is 2. The molecule has 3 atom stereocenters. The van der Waals surface area contributed by atoms with Crippen molar-refractivity contribution in [2.45, 2.75) is 62.3 Å².